The van der Waals surface area contributed by atoms with E-state index in [0.717, 1.165) is 0 Å². The van der Waals surface area contributed by atoms with Crippen molar-refractivity contribution in [1.82, 2.24) is 15.5 Å². The third kappa shape index (κ3) is 6.25. The van der Waals surface area contributed by atoms with Crippen molar-refractivity contribution in [3.8, 4) is 5.75 Å². The topological polar surface area (TPSA) is 119 Å². The van der Waals surface area contributed by atoms with Gasteiger partial charge in [-0.3, -0.25) is 14.4 Å². The first-order valence-corrected chi connectivity index (χ1v) is 11.4. The SMILES string of the molecule is C=CCNC(=O)C1CC(F)(F)CN1C(=O)C(O)C(Cc1ccccc1)NC(=O)c1cccc(O)c1C. The first-order valence-electron chi connectivity index (χ1n) is 11.4. The van der Waals surface area contributed by atoms with Gasteiger partial charge in [0.15, 0.2) is 6.10 Å². The molecule has 2 aromatic rings. The van der Waals surface area contributed by atoms with Crippen molar-refractivity contribution in [3.63, 3.8) is 0 Å². The maximum Gasteiger partial charge on any atom is 0.267 e. The summed E-state index contributed by atoms with van der Waals surface area (Å²) >= 11 is 0. The lowest BCUT2D eigenvalue weighted by Gasteiger charge is -2.30. The van der Waals surface area contributed by atoms with Crippen LogP contribution in [0.5, 0.6) is 5.75 Å². The van der Waals surface area contributed by atoms with E-state index in [1.54, 1.807) is 30.3 Å². The largest absolute Gasteiger partial charge is 0.508 e. The summed E-state index contributed by atoms with van der Waals surface area (Å²) in [6.07, 6.45) is -1.42. The monoisotopic (exact) mass is 501 g/mol. The minimum Gasteiger partial charge on any atom is -0.508 e. The van der Waals surface area contributed by atoms with Gasteiger partial charge in [0.25, 0.3) is 17.7 Å². The number of nitrogens with zero attached hydrogens (tertiary/aromatic N) is 1. The lowest BCUT2D eigenvalue weighted by atomic mass is 9.98. The summed E-state index contributed by atoms with van der Waals surface area (Å²) in [5.74, 6) is -5.97. The zero-order chi connectivity index (χ0) is 26.5. The smallest absolute Gasteiger partial charge is 0.267 e. The molecule has 0 saturated carbocycles. The molecule has 0 radical (unpaired) electrons. The molecule has 3 atom stereocenters. The number of amides is 3. The van der Waals surface area contributed by atoms with Gasteiger partial charge in [-0.1, -0.05) is 42.5 Å². The summed E-state index contributed by atoms with van der Waals surface area (Å²) < 4.78 is 28.5. The van der Waals surface area contributed by atoms with Gasteiger partial charge in [0.1, 0.15) is 11.8 Å². The van der Waals surface area contributed by atoms with Gasteiger partial charge in [0, 0.05) is 24.1 Å². The van der Waals surface area contributed by atoms with Gasteiger partial charge in [-0.2, -0.15) is 0 Å². The Kier molecular flexibility index (Phi) is 8.41. The highest BCUT2D eigenvalue weighted by Crippen LogP contribution is 2.33. The Morgan fingerprint density at radius 2 is 1.89 bits per heavy atom. The Morgan fingerprint density at radius 3 is 2.56 bits per heavy atom. The third-order valence-electron chi connectivity index (χ3n) is 6.08. The Bertz CT molecular complexity index is 1130. The van der Waals surface area contributed by atoms with Gasteiger partial charge in [-0.15, -0.1) is 6.58 Å². The summed E-state index contributed by atoms with van der Waals surface area (Å²) in [7, 11) is 0. The first kappa shape index (κ1) is 26.8. The molecule has 0 spiro atoms. The zero-order valence-corrected chi connectivity index (χ0v) is 19.8. The fourth-order valence-corrected chi connectivity index (χ4v) is 4.14. The highest BCUT2D eigenvalue weighted by Gasteiger charge is 2.51. The molecular formula is C26H29F2N3O5. The number of carbonyl (C=O) groups is 3. The number of rotatable bonds is 9. The van der Waals surface area contributed by atoms with Gasteiger partial charge < -0.3 is 25.7 Å². The van der Waals surface area contributed by atoms with Crippen LogP contribution in [0.25, 0.3) is 0 Å². The quantitative estimate of drug-likeness (QED) is 0.392. The van der Waals surface area contributed by atoms with Crippen LogP contribution in [0.4, 0.5) is 8.78 Å². The number of aliphatic hydroxyl groups excluding tert-OH is 1. The Morgan fingerprint density at radius 1 is 1.19 bits per heavy atom. The number of carbonyl (C=O) groups excluding carboxylic acids is 3. The van der Waals surface area contributed by atoms with E-state index in [2.05, 4.69) is 17.2 Å². The Labute approximate surface area is 207 Å². The van der Waals surface area contributed by atoms with Crippen LogP contribution in [-0.2, 0) is 16.0 Å². The minimum absolute atomic E-state index is 0.00884. The van der Waals surface area contributed by atoms with Gasteiger partial charge in [-0.05, 0) is 31.0 Å². The molecule has 3 rings (SSSR count). The number of halogens is 2. The van der Waals surface area contributed by atoms with Crippen molar-refractivity contribution < 1.29 is 33.4 Å². The molecular weight excluding hydrogens is 472 g/mol. The zero-order valence-electron chi connectivity index (χ0n) is 19.8. The van der Waals surface area contributed by atoms with Crippen LogP contribution in [0.2, 0.25) is 0 Å². The van der Waals surface area contributed by atoms with Crippen LogP contribution in [0.1, 0.15) is 27.9 Å². The van der Waals surface area contributed by atoms with E-state index in [1.165, 1.54) is 31.2 Å². The number of phenols is 1. The molecule has 1 aliphatic heterocycles. The molecule has 3 unspecified atom stereocenters. The molecule has 4 N–H and O–H groups in total. The lowest BCUT2D eigenvalue weighted by Crippen LogP contribution is -2.56. The maximum absolute atomic E-state index is 14.2. The number of likely N-dealkylation sites (tertiary alicyclic amines) is 1. The molecule has 0 aromatic heterocycles. The van der Waals surface area contributed by atoms with Crippen molar-refractivity contribution in [2.24, 2.45) is 0 Å². The van der Waals surface area contributed by atoms with Crippen LogP contribution in [-0.4, -0.2) is 70.0 Å². The van der Waals surface area contributed by atoms with Crippen molar-refractivity contribution >= 4 is 17.7 Å². The molecule has 1 saturated heterocycles. The van der Waals surface area contributed by atoms with Crippen LogP contribution in [0, 0.1) is 6.92 Å². The molecule has 1 fully saturated rings. The average molecular weight is 502 g/mol. The number of phenolic OH excluding ortho intramolecular Hbond substituents is 1. The van der Waals surface area contributed by atoms with E-state index < -0.39 is 54.8 Å². The van der Waals surface area contributed by atoms with E-state index in [9.17, 15) is 33.4 Å². The van der Waals surface area contributed by atoms with E-state index >= 15 is 0 Å². The van der Waals surface area contributed by atoms with E-state index in [-0.39, 0.29) is 24.3 Å². The second-order valence-corrected chi connectivity index (χ2v) is 8.74. The highest BCUT2D eigenvalue weighted by atomic mass is 19.3. The first-order chi connectivity index (χ1) is 17.0. The number of hydrogen-bond acceptors (Lipinski definition) is 5. The fourth-order valence-electron chi connectivity index (χ4n) is 4.14. The van der Waals surface area contributed by atoms with E-state index in [1.807, 2.05) is 0 Å². The van der Waals surface area contributed by atoms with Gasteiger partial charge in [0.2, 0.25) is 5.91 Å². The predicted molar refractivity (Wildman–Crippen MR) is 129 cm³/mol. The highest BCUT2D eigenvalue weighted by molar-refractivity contribution is 5.97. The predicted octanol–water partition coefficient (Wildman–Crippen LogP) is 1.94. The summed E-state index contributed by atoms with van der Waals surface area (Å²) in [6.45, 7) is 3.99. The lowest BCUT2D eigenvalue weighted by molar-refractivity contribution is -0.147. The van der Waals surface area contributed by atoms with Crippen LogP contribution >= 0.6 is 0 Å². The van der Waals surface area contributed by atoms with E-state index in [4.69, 9.17) is 0 Å². The van der Waals surface area contributed by atoms with Gasteiger partial charge in [-0.25, -0.2) is 8.78 Å². The fraction of sp³-hybridized carbons (Fsp3) is 0.346. The molecule has 192 valence electrons. The number of benzene rings is 2. The number of nitrogens with one attached hydrogen (secondary N) is 2. The van der Waals surface area contributed by atoms with Crippen LogP contribution in [0.15, 0.2) is 61.2 Å². The molecule has 10 heteroatoms. The number of aromatic hydroxyl groups is 1. The average Bonchev–Trinajstić information content (AvgIpc) is 3.18. The molecule has 0 aliphatic carbocycles. The molecule has 36 heavy (non-hydrogen) atoms. The van der Waals surface area contributed by atoms with Gasteiger partial charge in [0.05, 0.1) is 12.6 Å². The Balaban J connectivity index is 1.88. The van der Waals surface area contributed by atoms with E-state index in [0.29, 0.717) is 16.0 Å². The normalized spacial score (nSPS) is 18.2. The summed E-state index contributed by atoms with van der Waals surface area (Å²) in [6, 6.07) is 10.4. The molecule has 8 nitrogen and oxygen atoms in total. The van der Waals surface area contributed by atoms with Crippen molar-refractivity contribution in [3.05, 3.63) is 77.9 Å². The van der Waals surface area contributed by atoms with Crippen molar-refractivity contribution in [1.29, 1.82) is 0 Å². The number of aliphatic hydroxyl groups is 1. The summed E-state index contributed by atoms with van der Waals surface area (Å²) in [4.78, 5) is 39.4. The summed E-state index contributed by atoms with van der Waals surface area (Å²) in [5, 5.41) is 26.0. The second-order valence-electron chi connectivity index (χ2n) is 8.74. The molecule has 3 amide bonds. The number of hydrogen-bond donors (Lipinski definition) is 4. The van der Waals surface area contributed by atoms with Crippen molar-refractivity contribution in [2.75, 3.05) is 13.1 Å². The number of alkyl halides is 2. The van der Waals surface area contributed by atoms with Crippen LogP contribution in [0.3, 0.4) is 0 Å². The second kappa shape index (κ2) is 11.3. The summed E-state index contributed by atoms with van der Waals surface area (Å²) in [5.41, 5.74) is 1.10. The third-order valence-corrected chi connectivity index (χ3v) is 6.08. The minimum atomic E-state index is -3.32. The standard InChI is InChI=1S/C26H29F2N3O5/c1-3-12-29-24(35)20-14-26(27,28)15-31(20)25(36)22(33)19(13-17-8-5-4-6-9-17)30-23(34)18-10-7-11-21(32)16(18)2/h3-11,19-20,22,32-33H,1,12-15H2,2H3,(H,29,35)(H,30,34). The molecule has 1 heterocycles. The molecule has 2 aromatic carbocycles. The molecule has 1 aliphatic rings. The molecule has 0 bridgehead atoms. The van der Waals surface area contributed by atoms with Crippen LogP contribution < -0.4 is 10.6 Å². The van der Waals surface area contributed by atoms with Crippen molar-refractivity contribution in [2.45, 2.75) is 43.9 Å². The maximum atomic E-state index is 14.2. The Hall–Kier alpha value is -3.79. The van der Waals surface area contributed by atoms with Gasteiger partial charge >= 0.3 is 0 Å².